The molecular weight excluding hydrogens is 395 g/mol. The summed E-state index contributed by atoms with van der Waals surface area (Å²) < 4.78 is 0.942. The first-order chi connectivity index (χ1) is 9.52. The van der Waals surface area contributed by atoms with Gasteiger partial charge in [-0.15, -0.1) is 0 Å². The van der Waals surface area contributed by atoms with Crippen molar-refractivity contribution in [2.24, 2.45) is 0 Å². The topological polar surface area (TPSA) is 86.3 Å². The van der Waals surface area contributed by atoms with Gasteiger partial charge < -0.3 is 0 Å². The summed E-state index contributed by atoms with van der Waals surface area (Å²) in [6.45, 7) is 0. The van der Waals surface area contributed by atoms with E-state index in [0.717, 1.165) is 10.0 Å². The third-order valence-electron chi connectivity index (χ3n) is 2.65. The van der Waals surface area contributed by atoms with Gasteiger partial charge in [0, 0.05) is 0 Å². The molecule has 8 heteroatoms. The molecule has 2 rings (SSSR count). The molecule has 2 aromatic rings. The van der Waals surface area contributed by atoms with Gasteiger partial charge in [-0.2, -0.15) is 0 Å². The van der Waals surface area contributed by atoms with Crippen molar-refractivity contribution in [2.45, 2.75) is 0 Å². The van der Waals surface area contributed by atoms with Gasteiger partial charge in [0.15, 0.2) is 0 Å². The molecule has 2 aromatic carbocycles. The molecule has 0 saturated heterocycles. The molecule has 0 aliphatic heterocycles. The van der Waals surface area contributed by atoms with E-state index >= 15 is 0 Å². The molecule has 0 heterocycles. The second kappa shape index (κ2) is 6.13. The maximum absolute atomic E-state index is 10.8. The fraction of sp³-hybridized carbons (Fsp3) is 0. The standard InChI is InChI=1S/C12H7BrN2O4Se/c13-20-12-6-5-10(15(18)19)7-11(12)8-1-3-9(4-2-8)14(16)17/h1-7H. The summed E-state index contributed by atoms with van der Waals surface area (Å²) in [6.07, 6.45) is 0. The van der Waals surface area contributed by atoms with Crippen molar-refractivity contribution in [3.63, 3.8) is 0 Å². The molecule has 0 fully saturated rings. The Labute approximate surface area is 127 Å². The molecule has 0 aromatic heterocycles. The van der Waals surface area contributed by atoms with Gasteiger partial charge in [-0.3, -0.25) is 0 Å². The van der Waals surface area contributed by atoms with Gasteiger partial charge in [-0.1, -0.05) is 0 Å². The fourth-order valence-electron chi connectivity index (χ4n) is 1.69. The molecule has 102 valence electrons. The predicted octanol–water partition coefficient (Wildman–Crippen LogP) is 2.81. The number of hydrogen-bond donors (Lipinski definition) is 0. The van der Waals surface area contributed by atoms with E-state index in [1.54, 1.807) is 18.2 Å². The number of halogens is 1. The van der Waals surface area contributed by atoms with Crippen LogP contribution in [-0.4, -0.2) is 23.0 Å². The first kappa shape index (κ1) is 14.6. The Kier molecular flexibility index (Phi) is 4.49. The quantitative estimate of drug-likeness (QED) is 0.447. The maximum atomic E-state index is 10.8. The summed E-state index contributed by atoms with van der Waals surface area (Å²) in [6, 6.07) is 10.6. The average Bonchev–Trinajstić information content (AvgIpc) is 2.46. The first-order valence-electron chi connectivity index (χ1n) is 5.35. The Hall–Kier alpha value is -1.76. The molecule has 0 unspecified atom stereocenters. The Morgan fingerprint density at radius 2 is 1.45 bits per heavy atom. The van der Waals surface area contributed by atoms with E-state index in [9.17, 15) is 20.2 Å². The molecule has 6 nitrogen and oxygen atoms in total. The minimum atomic E-state index is -0.480. The third kappa shape index (κ3) is 3.04. The van der Waals surface area contributed by atoms with Crippen LogP contribution in [0.3, 0.4) is 0 Å². The monoisotopic (exact) mass is 402 g/mol. The van der Waals surface area contributed by atoms with Gasteiger partial charge in [-0.05, 0) is 0 Å². The van der Waals surface area contributed by atoms with Gasteiger partial charge in [0.25, 0.3) is 0 Å². The average molecular weight is 402 g/mol. The number of rotatable bonds is 4. The number of benzene rings is 2. The van der Waals surface area contributed by atoms with Crippen LogP contribution in [0, 0.1) is 20.2 Å². The second-order valence-corrected chi connectivity index (χ2v) is 6.75. The number of hydrogen-bond acceptors (Lipinski definition) is 4. The zero-order valence-corrected chi connectivity index (χ0v) is 13.2. The number of nitro benzene ring substituents is 2. The van der Waals surface area contributed by atoms with Crippen molar-refractivity contribution < 1.29 is 9.85 Å². The van der Waals surface area contributed by atoms with Crippen LogP contribution in [0.2, 0.25) is 0 Å². The van der Waals surface area contributed by atoms with Gasteiger partial charge in [0.2, 0.25) is 0 Å². The van der Waals surface area contributed by atoms with E-state index in [-0.39, 0.29) is 24.5 Å². The van der Waals surface area contributed by atoms with Gasteiger partial charge in [0.1, 0.15) is 0 Å². The molecule has 0 N–H and O–H groups in total. The Morgan fingerprint density at radius 1 is 0.900 bits per heavy atom. The Bertz CT molecular complexity index is 676. The van der Waals surface area contributed by atoms with E-state index in [0.29, 0.717) is 5.56 Å². The molecule has 0 spiro atoms. The molecular formula is C12H7BrN2O4Se. The molecule has 20 heavy (non-hydrogen) atoms. The van der Waals surface area contributed by atoms with Crippen molar-refractivity contribution in [3.05, 3.63) is 62.7 Å². The summed E-state index contributed by atoms with van der Waals surface area (Å²) in [5.41, 5.74) is 1.42. The number of non-ortho nitro benzene ring substituents is 2. The fourth-order valence-corrected chi connectivity index (χ4v) is 3.95. The van der Waals surface area contributed by atoms with Crippen LogP contribution in [-0.2, 0) is 0 Å². The molecule has 0 aliphatic carbocycles. The predicted molar refractivity (Wildman–Crippen MR) is 79.5 cm³/mol. The van der Waals surface area contributed by atoms with Gasteiger partial charge in [-0.25, -0.2) is 0 Å². The zero-order valence-electron chi connectivity index (χ0n) is 9.86. The van der Waals surface area contributed by atoms with E-state index in [4.69, 9.17) is 0 Å². The van der Waals surface area contributed by atoms with E-state index in [1.807, 2.05) is 0 Å². The van der Waals surface area contributed by atoms with Gasteiger partial charge >= 0.3 is 127 Å². The van der Waals surface area contributed by atoms with Crippen LogP contribution in [0.5, 0.6) is 0 Å². The van der Waals surface area contributed by atoms with E-state index < -0.39 is 9.85 Å². The van der Waals surface area contributed by atoms with E-state index in [1.165, 1.54) is 24.3 Å². The van der Waals surface area contributed by atoms with Crippen LogP contribution in [0.1, 0.15) is 0 Å². The van der Waals surface area contributed by atoms with Crippen molar-refractivity contribution in [3.8, 4) is 11.1 Å². The molecule has 0 atom stereocenters. The van der Waals surface area contributed by atoms with Gasteiger partial charge in [0.05, 0.1) is 0 Å². The molecule has 0 radical (unpaired) electrons. The minimum absolute atomic E-state index is 0.00106. The Balaban J connectivity index is 2.52. The van der Waals surface area contributed by atoms with Crippen molar-refractivity contribution in [1.82, 2.24) is 0 Å². The number of nitrogens with zero attached hydrogens (tertiary/aromatic N) is 2. The Morgan fingerprint density at radius 3 is 1.95 bits per heavy atom. The zero-order chi connectivity index (χ0) is 14.7. The first-order valence-corrected chi connectivity index (χ1v) is 10.2. The second-order valence-electron chi connectivity index (χ2n) is 3.82. The van der Waals surface area contributed by atoms with Crippen molar-refractivity contribution >= 4 is 43.1 Å². The summed E-state index contributed by atoms with van der Waals surface area (Å²) in [4.78, 5) is 20.5. The van der Waals surface area contributed by atoms with Crippen LogP contribution in [0.15, 0.2) is 42.5 Å². The van der Waals surface area contributed by atoms with Crippen LogP contribution in [0.4, 0.5) is 11.4 Å². The van der Waals surface area contributed by atoms with Crippen molar-refractivity contribution in [2.75, 3.05) is 0 Å². The van der Waals surface area contributed by atoms with Crippen molar-refractivity contribution in [1.29, 1.82) is 0 Å². The number of nitro groups is 2. The molecule has 0 saturated carbocycles. The molecule has 0 bridgehead atoms. The summed E-state index contributed by atoms with van der Waals surface area (Å²) >= 11 is 3.37. The van der Waals surface area contributed by atoms with Crippen LogP contribution in [0.25, 0.3) is 11.1 Å². The SMILES string of the molecule is O=[N+]([O-])c1ccc(-c2cc([N+](=O)[O-])ccc2[Se]Br)cc1. The normalized spacial score (nSPS) is 10.2. The van der Waals surface area contributed by atoms with Crippen LogP contribution < -0.4 is 4.46 Å². The summed E-state index contributed by atoms with van der Waals surface area (Å²) in [7, 11) is 0. The van der Waals surface area contributed by atoms with Crippen LogP contribution >= 0.6 is 14.1 Å². The molecule has 0 aliphatic rings. The summed E-state index contributed by atoms with van der Waals surface area (Å²) in [5, 5.41) is 21.5. The summed E-state index contributed by atoms with van der Waals surface area (Å²) in [5.74, 6) is 0. The van der Waals surface area contributed by atoms with E-state index in [2.05, 4.69) is 14.1 Å². The third-order valence-corrected chi connectivity index (χ3v) is 5.55. The molecule has 0 amide bonds.